The van der Waals surface area contributed by atoms with Gasteiger partial charge in [-0.15, -0.1) is 5.10 Å². The van der Waals surface area contributed by atoms with Gasteiger partial charge in [0.2, 0.25) is 0 Å². The molecule has 5 rings (SSSR count). The molecule has 2 aromatic heterocycles. The molecule has 3 aromatic carbocycles. The van der Waals surface area contributed by atoms with Crippen molar-refractivity contribution in [3.05, 3.63) is 95.8 Å². The Morgan fingerprint density at radius 1 is 1.00 bits per heavy atom. The summed E-state index contributed by atoms with van der Waals surface area (Å²) in [7, 11) is 1.62. The summed E-state index contributed by atoms with van der Waals surface area (Å²) < 4.78 is 7.94. The maximum Gasteiger partial charge on any atom is 0.282 e. The van der Waals surface area contributed by atoms with Crippen LogP contribution in [-0.4, -0.2) is 39.5 Å². The second-order valence-electron chi connectivity index (χ2n) is 7.79. The van der Waals surface area contributed by atoms with Crippen LogP contribution in [0.3, 0.4) is 0 Å². The van der Waals surface area contributed by atoms with E-state index in [2.05, 4.69) is 22.4 Å². The summed E-state index contributed by atoms with van der Waals surface area (Å²) in [5.74, 6) is 0.535. The SMILES string of the molecule is COc1ccc(-n2nnc(C(=O)N(CCc3ccccc3)c3nc4ccccc4s3)c2C)cc1. The third-order valence-electron chi connectivity index (χ3n) is 5.64. The average Bonchev–Trinajstić information content (AvgIpc) is 3.48. The summed E-state index contributed by atoms with van der Waals surface area (Å²) in [6.07, 6.45) is 0.703. The van der Waals surface area contributed by atoms with Gasteiger partial charge in [-0.2, -0.15) is 0 Å². The standard InChI is InChI=1S/C26H23N5O2S/c1-18-24(28-29-31(18)20-12-14-21(33-2)15-13-20)25(32)30(17-16-19-8-4-3-5-9-19)26-27-22-10-6-7-11-23(22)34-26/h3-15H,16-17H2,1-2H3. The van der Waals surface area contributed by atoms with Crippen molar-refractivity contribution in [1.29, 1.82) is 0 Å². The van der Waals surface area contributed by atoms with Gasteiger partial charge < -0.3 is 4.74 Å². The predicted molar refractivity (Wildman–Crippen MR) is 134 cm³/mol. The van der Waals surface area contributed by atoms with Gasteiger partial charge in [0.1, 0.15) is 5.75 Å². The highest BCUT2D eigenvalue weighted by Crippen LogP contribution is 2.30. The molecule has 170 valence electrons. The predicted octanol–water partition coefficient (Wildman–Crippen LogP) is 5.08. The molecule has 0 bridgehead atoms. The molecule has 0 aliphatic rings. The molecule has 1 amide bonds. The number of nitrogens with zero attached hydrogens (tertiary/aromatic N) is 5. The average molecular weight is 470 g/mol. The molecule has 0 atom stereocenters. The van der Waals surface area contributed by atoms with E-state index in [1.54, 1.807) is 16.7 Å². The molecule has 0 radical (unpaired) electrons. The number of anilines is 1. The molecule has 5 aromatic rings. The Labute approximate surface area is 201 Å². The monoisotopic (exact) mass is 469 g/mol. The Kier molecular flexibility index (Phi) is 6.05. The zero-order chi connectivity index (χ0) is 23.5. The number of ether oxygens (including phenoxy) is 1. The lowest BCUT2D eigenvalue weighted by atomic mass is 10.1. The molecule has 34 heavy (non-hydrogen) atoms. The van der Waals surface area contributed by atoms with Crippen molar-refractivity contribution in [2.45, 2.75) is 13.3 Å². The molecule has 0 N–H and O–H groups in total. The number of methoxy groups -OCH3 is 1. The quantitative estimate of drug-likeness (QED) is 0.332. The van der Waals surface area contributed by atoms with E-state index in [1.165, 1.54) is 11.3 Å². The number of para-hydroxylation sites is 1. The number of carbonyl (C=O) groups excluding carboxylic acids is 1. The first kappa shape index (κ1) is 21.8. The van der Waals surface area contributed by atoms with Crippen LogP contribution in [0.15, 0.2) is 78.9 Å². The minimum Gasteiger partial charge on any atom is -0.497 e. The number of thiazole rings is 1. The molecule has 0 fully saturated rings. The van der Waals surface area contributed by atoms with E-state index in [4.69, 9.17) is 9.72 Å². The number of hydrogen-bond acceptors (Lipinski definition) is 6. The maximum absolute atomic E-state index is 13.8. The minimum absolute atomic E-state index is 0.216. The third-order valence-corrected chi connectivity index (χ3v) is 6.70. The molecule has 7 nitrogen and oxygen atoms in total. The lowest BCUT2D eigenvalue weighted by Crippen LogP contribution is -2.33. The molecule has 0 aliphatic heterocycles. The summed E-state index contributed by atoms with van der Waals surface area (Å²) in [6.45, 7) is 2.34. The fraction of sp³-hybridized carbons (Fsp3) is 0.154. The molecule has 0 saturated carbocycles. The summed E-state index contributed by atoms with van der Waals surface area (Å²) in [4.78, 5) is 20.2. The summed E-state index contributed by atoms with van der Waals surface area (Å²) in [6, 6.07) is 25.5. The van der Waals surface area contributed by atoms with Gasteiger partial charge in [-0.05, 0) is 55.3 Å². The van der Waals surface area contributed by atoms with Crippen LogP contribution >= 0.6 is 11.3 Å². The number of hydrogen-bond donors (Lipinski definition) is 0. The van der Waals surface area contributed by atoms with E-state index in [0.717, 1.165) is 27.2 Å². The van der Waals surface area contributed by atoms with Crippen molar-refractivity contribution in [2.75, 3.05) is 18.6 Å². The number of fused-ring (bicyclic) bond motifs is 1. The highest BCUT2D eigenvalue weighted by molar-refractivity contribution is 7.22. The lowest BCUT2D eigenvalue weighted by molar-refractivity contribution is 0.0981. The molecule has 0 unspecified atom stereocenters. The first-order valence-electron chi connectivity index (χ1n) is 10.9. The van der Waals surface area contributed by atoms with E-state index < -0.39 is 0 Å². The van der Waals surface area contributed by atoms with Gasteiger partial charge in [0.25, 0.3) is 5.91 Å². The van der Waals surface area contributed by atoms with Gasteiger partial charge in [-0.1, -0.05) is 59.0 Å². The van der Waals surface area contributed by atoms with Crippen molar-refractivity contribution in [1.82, 2.24) is 20.0 Å². The van der Waals surface area contributed by atoms with Crippen molar-refractivity contribution >= 4 is 32.6 Å². The zero-order valence-corrected chi connectivity index (χ0v) is 19.7. The van der Waals surface area contributed by atoms with E-state index in [1.807, 2.05) is 73.7 Å². The van der Waals surface area contributed by atoms with Crippen LogP contribution in [0.1, 0.15) is 21.7 Å². The van der Waals surface area contributed by atoms with Gasteiger partial charge >= 0.3 is 0 Å². The largest absolute Gasteiger partial charge is 0.497 e. The van der Waals surface area contributed by atoms with Crippen molar-refractivity contribution in [3.63, 3.8) is 0 Å². The summed E-state index contributed by atoms with van der Waals surface area (Å²) in [5, 5.41) is 9.17. The van der Waals surface area contributed by atoms with Gasteiger partial charge in [0.05, 0.1) is 28.7 Å². The Bertz CT molecular complexity index is 1390. The molecular formula is C26H23N5O2S. The molecule has 8 heteroatoms. The van der Waals surface area contributed by atoms with Crippen molar-refractivity contribution < 1.29 is 9.53 Å². The second kappa shape index (κ2) is 9.44. The van der Waals surface area contributed by atoms with Gasteiger partial charge in [-0.3, -0.25) is 9.69 Å². The van der Waals surface area contributed by atoms with Crippen LogP contribution in [0.4, 0.5) is 5.13 Å². The lowest BCUT2D eigenvalue weighted by Gasteiger charge is -2.19. The normalized spacial score (nSPS) is 11.0. The molecule has 0 saturated heterocycles. The van der Waals surface area contributed by atoms with Crippen molar-refractivity contribution in [3.8, 4) is 11.4 Å². The topological polar surface area (TPSA) is 73.1 Å². The molecule has 0 aliphatic carbocycles. The number of amides is 1. The van der Waals surface area contributed by atoms with Gasteiger partial charge in [0, 0.05) is 6.54 Å². The molecule has 0 spiro atoms. The Morgan fingerprint density at radius 3 is 2.47 bits per heavy atom. The summed E-state index contributed by atoms with van der Waals surface area (Å²) in [5.41, 5.74) is 3.81. The Hall–Kier alpha value is -4.04. The van der Waals surface area contributed by atoms with Crippen molar-refractivity contribution in [2.24, 2.45) is 0 Å². The van der Waals surface area contributed by atoms with E-state index >= 15 is 0 Å². The first-order valence-corrected chi connectivity index (χ1v) is 11.7. The summed E-state index contributed by atoms with van der Waals surface area (Å²) >= 11 is 1.50. The smallest absolute Gasteiger partial charge is 0.282 e. The minimum atomic E-state index is -0.216. The highest BCUT2D eigenvalue weighted by Gasteiger charge is 2.26. The van der Waals surface area contributed by atoms with Crippen LogP contribution in [0.2, 0.25) is 0 Å². The van der Waals surface area contributed by atoms with Crippen LogP contribution in [0.5, 0.6) is 5.75 Å². The van der Waals surface area contributed by atoms with Crippen LogP contribution in [-0.2, 0) is 6.42 Å². The first-order chi connectivity index (χ1) is 16.6. The number of aromatic nitrogens is 4. The third kappa shape index (κ3) is 4.27. The van der Waals surface area contributed by atoms with E-state index in [-0.39, 0.29) is 5.91 Å². The van der Waals surface area contributed by atoms with Gasteiger partial charge in [-0.25, -0.2) is 9.67 Å². The Morgan fingerprint density at radius 2 is 1.74 bits per heavy atom. The van der Waals surface area contributed by atoms with Gasteiger partial charge in [0.15, 0.2) is 10.8 Å². The van der Waals surface area contributed by atoms with E-state index in [9.17, 15) is 4.79 Å². The fourth-order valence-electron chi connectivity index (χ4n) is 3.77. The maximum atomic E-state index is 13.8. The van der Waals surface area contributed by atoms with Crippen LogP contribution in [0.25, 0.3) is 15.9 Å². The zero-order valence-electron chi connectivity index (χ0n) is 18.9. The number of benzene rings is 3. The molecule has 2 heterocycles. The highest BCUT2D eigenvalue weighted by atomic mass is 32.1. The number of carbonyl (C=O) groups is 1. The van der Waals surface area contributed by atoms with Crippen LogP contribution < -0.4 is 9.64 Å². The Balaban J connectivity index is 1.49. The fourth-order valence-corrected chi connectivity index (χ4v) is 4.76. The van der Waals surface area contributed by atoms with Crippen LogP contribution in [0, 0.1) is 6.92 Å². The van der Waals surface area contributed by atoms with E-state index in [0.29, 0.717) is 29.5 Å². The second-order valence-corrected chi connectivity index (χ2v) is 8.80. The number of rotatable bonds is 7. The molecular weight excluding hydrogens is 446 g/mol.